The number of urea groups is 1. The van der Waals surface area contributed by atoms with Gasteiger partial charge in [0.05, 0.1) is 25.9 Å². The summed E-state index contributed by atoms with van der Waals surface area (Å²) in [4.78, 5) is 14.1. The topological polar surface area (TPSA) is 61.8 Å². The van der Waals surface area contributed by atoms with Gasteiger partial charge in [-0.1, -0.05) is 34.1 Å². The first-order valence-corrected chi connectivity index (χ1v) is 8.87. The number of amides is 2. The van der Waals surface area contributed by atoms with E-state index in [-0.39, 0.29) is 19.2 Å². The summed E-state index contributed by atoms with van der Waals surface area (Å²) >= 11 is 6.80. The van der Waals surface area contributed by atoms with Crippen molar-refractivity contribution in [2.75, 3.05) is 25.6 Å². The number of methoxy groups -OCH3 is 1. The van der Waals surface area contributed by atoms with Crippen LogP contribution in [0.1, 0.15) is 5.56 Å². The van der Waals surface area contributed by atoms with Crippen molar-refractivity contribution in [3.63, 3.8) is 0 Å². The summed E-state index contributed by atoms with van der Waals surface area (Å²) in [5.41, 5.74) is 1.52. The van der Waals surface area contributed by atoms with Gasteiger partial charge in [-0.25, -0.2) is 4.79 Å². The minimum absolute atomic E-state index is 0.123. The van der Waals surface area contributed by atoms with Crippen molar-refractivity contribution < 1.29 is 14.6 Å². The molecule has 2 amide bonds. The van der Waals surface area contributed by atoms with Crippen molar-refractivity contribution in [3.8, 4) is 5.75 Å². The number of nitrogens with one attached hydrogen (secondary N) is 1. The number of carbonyl (C=O) groups excluding carboxylic acids is 1. The van der Waals surface area contributed by atoms with Gasteiger partial charge in [-0.2, -0.15) is 0 Å². The minimum atomic E-state index is -0.297. The Kier molecular flexibility index (Phi) is 7.08. The van der Waals surface area contributed by atoms with Crippen LogP contribution in [0.3, 0.4) is 0 Å². The molecular formula is C17H18Br2N2O3. The van der Waals surface area contributed by atoms with E-state index >= 15 is 0 Å². The van der Waals surface area contributed by atoms with Crippen LogP contribution >= 0.6 is 31.9 Å². The molecule has 0 saturated heterocycles. The molecule has 0 unspecified atom stereocenters. The van der Waals surface area contributed by atoms with Gasteiger partial charge in [0.15, 0.2) is 0 Å². The minimum Gasteiger partial charge on any atom is -0.496 e. The van der Waals surface area contributed by atoms with Crippen molar-refractivity contribution >= 4 is 43.6 Å². The molecule has 0 fully saturated rings. The fourth-order valence-electron chi connectivity index (χ4n) is 2.20. The average Bonchev–Trinajstić information content (AvgIpc) is 2.58. The predicted molar refractivity (Wildman–Crippen MR) is 101 cm³/mol. The van der Waals surface area contributed by atoms with E-state index in [1.165, 1.54) is 4.90 Å². The predicted octanol–water partition coefficient (Wildman–Crippen LogP) is 4.25. The zero-order valence-corrected chi connectivity index (χ0v) is 16.3. The maximum atomic E-state index is 12.6. The number of aliphatic hydroxyl groups is 1. The number of aliphatic hydroxyl groups excluding tert-OH is 1. The Bertz CT molecular complexity index is 710. The van der Waals surface area contributed by atoms with E-state index in [1.807, 2.05) is 42.5 Å². The van der Waals surface area contributed by atoms with Gasteiger partial charge in [-0.05, 0) is 40.2 Å². The third-order valence-corrected chi connectivity index (χ3v) is 4.57. The average molecular weight is 458 g/mol. The molecule has 24 heavy (non-hydrogen) atoms. The maximum Gasteiger partial charge on any atom is 0.322 e. The first kappa shape index (κ1) is 18.8. The number of rotatable bonds is 6. The highest BCUT2D eigenvalue weighted by Gasteiger charge is 2.16. The molecule has 0 atom stereocenters. The van der Waals surface area contributed by atoms with Crippen LogP contribution in [-0.2, 0) is 6.54 Å². The number of ether oxygens (including phenoxy) is 1. The van der Waals surface area contributed by atoms with E-state index < -0.39 is 0 Å². The van der Waals surface area contributed by atoms with Gasteiger partial charge in [0, 0.05) is 21.1 Å². The van der Waals surface area contributed by atoms with Crippen LogP contribution in [0, 0.1) is 0 Å². The molecule has 2 rings (SSSR count). The third-order valence-electron chi connectivity index (χ3n) is 3.38. The Labute approximate surface area is 157 Å². The van der Waals surface area contributed by atoms with E-state index in [1.54, 1.807) is 7.11 Å². The molecule has 5 nitrogen and oxygen atoms in total. The number of nitrogens with zero attached hydrogens (tertiary/aromatic N) is 1. The molecule has 2 aromatic carbocycles. The van der Waals surface area contributed by atoms with Gasteiger partial charge in [0.1, 0.15) is 5.75 Å². The summed E-state index contributed by atoms with van der Waals surface area (Å²) < 4.78 is 6.96. The van der Waals surface area contributed by atoms with Crippen LogP contribution in [0.25, 0.3) is 0 Å². The van der Waals surface area contributed by atoms with Crippen LogP contribution in [0.15, 0.2) is 51.4 Å². The molecule has 2 N–H and O–H groups in total. The Morgan fingerprint density at radius 3 is 2.71 bits per heavy atom. The van der Waals surface area contributed by atoms with E-state index in [0.29, 0.717) is 18.0 Å². The summed E-state index contributed by atoms with van der Waals surface area (Å²) in [5, 5.41) is 12.1. The fraction of sp³-hybridized carbons (Fsp3) is 0.235. The van der Waals surface area contributed by atoms with E-state index in [4.69, 9.17) is 4.74 Å². The Balaban J connectivity index is 2.17. The fourth-order valence-corrected chi connectivity index (χ4v) is 2.91. The number of hydrogen-bond donors (Lipinski definition) is 2. The van der Waals surface area contributed by atoms with Crippen LogP contribution in [-0.4, -0.2) is 36.3 Å². The number of anilines is 1. The lowest BCUT2D eigenvalue weighted by molar-refractivity contribution is 0.184. The number of halogens is 2. The highest BCUT2D eigenvalue weighted by Crippen LogP contribution is 2.27. The maximum absolute atomic E-state index is 12.6. The molecule has 128 valence electrons. The molecule has 0 radical (unpaired) electrons. The summed E-state index contributed by atoms with van der Waals surface area (Å²) in [7, 11) is 1.59. The van der Waals surface area contributed by atoms with Gasteiger partial charge in [0.25, 0.3) is 0 Å². The van der Waals surface area contributed by atoms with E-state index in [2.05, 4.69) is 37.2 Å². The molecule has 0 spiro atoms. The summed E-state index contributed by atoms with van der Waals surface area (Å²) in [6.07, 6.45) is 0. The lowest BCUT2D eigenvalue weighted by atomic mass is 10.2. The molecule has 0 aliphatic heterocycles. The largest absolute Gasteiger partial charge is 0.496 e. The second-order valence-corrected chi connectivity index (χ2v) is 6.78. The van der Waals surface area contributed by atoms with Crippen LogP contribution in [0.4, 0.5) is 10.5 Å². The molecule has 0 saturated carbocycles. The summed E-state index contributed by atoms with van der Waals surface area (Å²) in [5.74, 6) is 0.705. The molecular weight excluding hydrogens is 440 g/mol. The second kappa shape index (κ2) is 9.05. The smallest absolute Gasteiger partial charge is 0.322 e. The van der Waals surface area contributed by atoms with Crippen molar-refractivity contribution in [2.24, 2.45) is 0 Å². The molecule has 0 aliphatic rings. The van der Waals surface area contributed by atoms with Gasteiger partial charge in [-0.15, -0.1) is 0 Å². The third kappa shape index (κ3) is 4.96. The van der Waals surface area contributed by atoms with Crippen molar-refractivity contribution in [2.45, 2.75) is 6.54 Å². The summed E-state index contributed by atoms with van der Waals surface area (Å²) in [6, 6.07) is 12.7. The first-order chi connectivity index (χ1) is 11.5. The quantitative estimate of drug-likeness (QED) is 0.681. The zero-order valence-electron chi connectivity index (χ0n) is 13.1. The Morgan fingerprint density at radius 2 is 2.00 bits per heavy atom. The standard InChI is InChI=1S/C17H18Br2N2O3/c1-24-16-5-3-2-4-12(16)11-21(8-9-22)17(23)20-15-10-13(18)6-7-14(15)19/h2-7,10,22H,8-9,11H2,1H3,(H,20,23). The molecule has 2 aromatic rings. The Hall–Kier alpha value is -1.57. The number of carbonyl (C=O) groups is 1. The highest BCUT2D eigenvalue weighted by molar-refractivity contribution is 9.11. The molecule has 0 aromatic heterocycles. The van der Waals surface area contributed by atoms with Gasteiger partial charge in [0.2, 0.25) is 0 Å². The molecule has 0 bridgehead atoms. The van der Waals surface area contributed by atoms with E-state index in [9.17, 15) is 9.90 Å². The summed E-state index contributed by atoms with van der Waals surface area (Å²) in [6.45, 7) is 0.430. The molecule has 0 heterocycles. The van der Waals surface area contributed by atoms with Crippen LogP contribution in [0.2, 0.25) is 0 Å². The van der Waals surface area contributed by atoms with E-state index in [0.717, 1.165) is 14.5 Å². The lowest BCUT2D eigenvalue weighted by Crippen LogP contribution is -2.36. The first-order valence-electron chi connectivity index (χ1n) is 7.29. The van der Waals surface area contributed by atoms with Gasteiger partial charge >= 0.3 is 6.03 Å². The number of benzene rings is 2. The molecule has 7 heteroatoms. The number of hydrogen-bond acceptors (Lipinski definition) is 3. The second-order valence-electron chi connectivity index (χ2n) is 5.01. The van der Waals surface area contributed by atoms with Crippen LogP contribution in [0.5, 0.6) is 5.75 Å². The van der Waals surface area contributed by atoms with Crippen LogP contribution < -0.4 is 10.1 Å². The normalized spacial score (nSPS) is 10.3. The number of para-hydroxylation sites is 1. The van der Waals surface area contributed by atoms with Crippen molar-refractivity contribution in [1.82, 2.24) is 4.90 Å². The van der Waals surface area contributed by atoms with Gasteiger partial charge in [-0.3, -0.25) is 0 Å². The zero-order chi connectivity index (χ0) is 17.5. The molecule has 0 aliphatic carbocycles. The SMILES string of the molecule is COc1ccccc1CN(CCO)C(=O)Nc1cc(Br)ccc1Br. The Morgan fingerprint density at radius 1 is 1.25 bits per heavy atom. The van der Waals surface area contributed by atoms with Crippen molar-refractivity contribution in [3.05, 3.63) is 57.0 Å². The highest BCUT2D eigenvalue weighted by atomic mass is 79.9. The van der Waals surface area contributed by atoms with Gasteiger partial charge < -0.3 is 20.1 Å². The lowest BCUT2D eigenvalue weighted by Gasteiger charge is -2.23. The van der Waals surface area contributed by atoms with Crippen molar-refractivity contribution in [1.29, 1.82) is 0 Å². The monoisotopic (exact) mass is 456 g/mol.